The largest absolute Gasteiger partial charge is 0.467 e. The fraction of sp³-hybridized carbons (Fsp3) is 0.364. The molecule has 7 heteroatoms. The molecule has 1 fully saturated rings. The number of esters is 1. The summed E-state index contributed by atoms with van der Waals surface area (Å²) in [4.78, 5) is 28.4. The molecule has 4 rings (SSSR count). The number of carbonyl (C=O) groups is 2. The van der Waals surface area contributed by atoms with E-state index >= 15 is 0 Å². The Morgan fingerprint density at radius 3 is 2.25 bits per heavy atom. The van der Waals surface area contributed by atoms with Gasteiger partial charge in [-0.1, -0.05) is 98.4 Å². The Balaban J connectivity index is 1.69. The number of rotatable bonds is 10. The number of methoxy groups -OCH3 is 1. The van der Waals surface area contributed by atoms with Crippen LogP contribution in [0.25, 0.3) is 22.3 Å². The summed E-state index contributed by atoms with van der Waals surface area (Å²) in [5, 5.41) is 12.6. The predicted molar refractivity (Wildman–Crippen MR) is 158 cm³/mol. The molecule has 0 spiro atoms. The Kier molecular flexibility index (Phi) is 9.59. The maximum Gasteiger partial charge on any atom is 0.331 e. The van der Waals surface area contributed by atoms with Crippen molar-refractivity contribution in [1.82, 2.24) is 4.90 Å². The predicted octanol–water partition coefficient (Wildman–Crippen LogP) is 6.51. The number of unbranched alkanes of at least 4 members (excludes halogenated alkanes) is 1. The van der Waals surface area contributed by atoms with Gasteiger partial charge in [0, 0.05) is 18.5 Å². The van der Waals surface area contributed by atoms with E-state index in [2.05, 4.69) is 12.1 Å². The second-order valence-corrected chi connectivity index (χ2v) is 10.5. The van der Waals surface area contributed by atoms with Crippen LogP contribution in [0.15, 0.2) is 78.0 Å². The highest BCUT2D eigenvalue weighted by atomic mass is 16.5. The molecule has 0 saturated heterocycles. The van der Waals surface area contributed by atoms with Crippen molar-refractivity contribution in [3.05, 3.63) is 83.9 Å². The zero-order valence-electron chi connectivity index (χ0n) is 23.4. The van der Waals surface area contributed by atoms with Crippen molar-refractivity contribution in [2.45, 2.75) is 70.4 Å². The molecule has 1 saturated carbocycles. The standard InChI is InChI=1S/C33H39N3O4/c1-3-4-13-30(37)36(33(32(38)40-2)20-9-6-10-21-33)23-24-14-16-26(17-15-24)29-22-27(25-11-7-5-8-12-25)18-19-28(29)31(34)35-39/h5,7-8,11-12,14-19,22,39H,3-4,6,9-10,13,20-21,23H2,1-2H3,(H2,34,35). The molecule has 3 aromatic rings. The van der Waals surface area contributed by atoms with Crippen LogP contribution < -0.4 is 5.73 Å². The number of ether oxygens (including phenoxy) is 1. The van der Waals surface area contributed by atoms with E-state index in [0.717, 1.165) is 59.9 Å². The van der Waals surface area contributed by atoms with Crippen molar-refractivity contribution >= 4 is 17.7 Å². The zero-order chi connectivity index (χ0) is 28.5. The Hall–Kier alpha value is -4.13. The summed E-state index contributed by atoms with van der Waals surface area (Å²) >= 11 is 0. The number of hydrogen-bond donors (Lipinski definition) is 2. The molecule has 1 amide bonds. The highest BCUT2D eigenvalue weighted by Gasteiger charge is 2.47. The van der Waals surface area contributed by atoms with Crippen molar-refractivity contribution in [2.24, 2.45) is 10.9 Å². The lowest BCUT2D eigenvalue weighted by Gasteiger charge is -2.44. The average Bonchev–Trinajstić information content (AvgIpc) is 3.02. The molecule has 1 aliphatic rings. The Bertz CT molecular complexity index is 1330. The summed E-state index contributed by atoms with van der Waals surface area (Å²) < 4.78 is 5.26. The number of hydrogen-bond acceptors (Lipinski definition) is 5. The monoisotopic (exact) mass is 541 g/mol. The fourth-order valence-corrected chi connectivity index (χ4v) is 5.69. The Morgan fingerprint density at radius 1 is 0.950 bits per heavy atom. The molecule has 3 N–H and O–H groups in total. The molecule has 210 valence electrons. The number of amidine groups is 1. The highest BCUT2D eigenvalue weighted by molar-refractivity contribution is 6.04. The van der Waals surface area contributed by atoms with Gasteiger partial charge in [-0.15, -0.1) is 0 Å². The van der Waals surface area contributed by atoms with E-state index in [1.54, 1.807) is 4.90 Å². The first-order valence-electron chi connectivity index (χ1n) is 14.1. The third kappa shape index (κ3) is 6.19. The molecule has 0 aliphatic heterocycles. The number of benzene rings is 3. The number of amides is 1. The molecule has 0 atom stereocenters. The third-order valence-electron chi connectivity index (χ3n) is 7.92. The SMILES string of the molecule is CCCCC(=O)N(Cc1ccc(-c2cc(-c3ccccc3)ccc2/C(N)=N/O)cc1)C1(C(=O)OC)CCCCC1. The van der Waals surface area contributed by atoms with Crippen molar-refractivity contribution in [2.75, 3.05) is 7.11 Å². The summed E-state index contributed by atoms with van der Waals surface area (Å²) in [6.07, 6.45) is 6.15. The average molecular weight is 542 g/mol. The normalized spacial score (nSPS) is 14.9. The topological polar surface area (TPSA) is 105 Å². The first-order chi connectivity index (χ1) is 19.4. The second-order valence-electron chi connectivity index (χ2n) is 10.5. The smallest absolute Gasteiger partial charge is 0.331 e. The van der Waals surface area contributed by atoms with Gasteiger partial charge in [-0.05, 0) is 59.2 Å². The quantitative estimate of drug-likeness (QED) is 0.100. The summed E-state index contributed by atoms with van der Waals surface area (Å²) in [7, 11) is 1.41. The summed E-state index contributed by atoms with van der Waals surface area (Å²) in [5.41, 5.74) is 10.5. The van der Waals surface area contributed by atoms with Gasteiger partial charge in [0.05, 0.1) is 7.11 Å². The molecule has 0 aromatic heterocycles. The molecule has 7 nitrogen and oxygen atoms in total. The number of carbonyl (C=O) groups excluding carboxylic acids is 2. The van der Waals surface area contributed by atoms with E-state index in [0.29, 0.717) is 31.4 Å². The highest BCUT2D eigenvalue weighted by Crippen LogP contribution is 2.37. The van der Waals surface area contributed by atoms with Crippen molar-refractivity contribution in [1.29, 1.82) is 0 Å². The maximum absolute atomic E-state index is 13.5. The maximum atomic E-state index is 13.5. The van der Waals surface area contributed by atoms with Gasteiger partial charge in [0.25, 0.3) is 0 Å². The van der Waals surface area contributed by atoms with Crippen LogP contribution in [0.3, 0.4) is 0 Å². The van der Waals surface area contributed by atoms with Crippen molar-refractivity contribution < 1.29 is 19.5 Å². The van der Waals surface area contributed by atoms with E-state index in [1.807, 2.05) is 72.8 Å². The molecule has 3 aromatic carbocycles. The minimum Gasteiger partial charge on any atom is -0.467 e. The Labute approximate surface area is 236 Å². The van der Waals surface area contributed by atoms with Gasteiger partial charge in [-0.2, -0.15) is 0 Å². The lowest BCUT2D eigenvalue weighted by atomic mass is 9.79. The van der Waals surface area contributed by atoms with E-state index in [-0.39, 0.29) is 17.7 Å². The van der Waals surface area contributed by atoms with Crippen LogP contribution in [0.4, 0.5) is 0 Å². The van der Waals surface area contributed by atoms with E-state index in [4.69, 9.17) is 10.5 Å². The third-order valence-corrected chi connectivity index (χ3v) is 7.92. The second kappa shape index (κ2) is 13.3. The summed E-state index contributed by atoms with van der Waals surface area (Å²) in [6, 6.07) is 23.8. The van der Waals surface area contributed by atoms with E-state index < -0.39 is 5.54 Å². The van der Waals surface area contributed by atoms with Gasteiger partial charge in [-0.25, -0.2) is 4.79 Å². The van der Waals surface area contributed by atoms with Gasteiger partial charge in [0.15, 0.2) is 5.84 Å². The summed E-state index contributed by atoms with van der Waals surface area (Å²) in [5.74, 6) is -0.304. The van der Waals surface area contributed by atoms with Gasteiger partial charge >= 0.3 is 5.97 Å². The van der Waals surface area contributed by atoms with Crippen LogP contribution in [0.1, 0.15) is 69.4 Å². The minimum absolute atomic E-state index is 0.0111. The molecule has 0 unspecified atom stereocenters. The van der Waals surface area contributed by atoms with Crippen LogP contribution in [0.2, 0.25) is 0 Å². The molecule has 0 bridgehead atoms. The molecule has 0 heterocycles. The summed E-state index contributed by atoms with van der Waals surface area (Å²) in [6.45, 7) is 2.39. The fourth-order valence-electron chi connectivity index (χ4n) is 5.69. The van der Waals surface area contributed by atoms with Crippen LogP contribution in [-0.4, -0.2) is 40.5 Å². The van der Waals surface area contributed by atoms with Gasteiger partial charge in [0.1, 0.15) is 5.54 Å². The van der Waals surface area contributed by atoms with E-state index in [9.17, 15) is 14.8 Å². The molecule has 1 aliphatic carbocycles. The van der Waals surface area contributed by atoms with Crippen molar-refractivity contribution in [3.63, 3.8) is 0 Å². The lowest BCUT2D eigenvalue weighted by molar-refractivity contribution is -0.166. The molecular weight excluding hydrogens is 502 g/mol. The molecular formula is C33H39N3O4. The van der Waals surface area contributed by atoms with Crippen LogP contribution in [0.5, 0.6) is 0 Å². The van der Waals surface area contributed by atoms with Gasteiger partial charge in [0.2, 0.25) is 5.91 Å². The van der Waals surface area contributed by atoms with Gasteiger partial charge < -0.3 is 20.6 Å². The first-order valence-corrected chi connectivity index (χ1v) is 14.1. The van der Waals surface area contributed by atoms with Crippen LogP contribution in [-0.2, 0) is 20.9 Å². The molecule has 0 radical (unpaired) electrons. The van der Waals surface area contributed by atoms with Crippen molar-refractivity contribution in [3.8, 4) is 22.3 Å². The first kappa shape index (κ1) is 28.9. The van der Waals surface area contributed by atoms with E-state index in [1.165, 1.54) is 7.11 Å². The molecule has 40 heavy (non-hydrogen) atoms. The van der Waals surface area contributed by atoms with Crippen LogP contribution >= 0.6 is 0 Å². The number of nitrogens with two attached hydrogens (primary N) is 1. The zero-order valence-corrected chi connectivity index (χ0v) is 23.4. The number of nitrogens with zero attached hydrogens (tertiary/aromatic N) is 2. The van der Waals surface area contributed by atoms with Gasteiger partial charge in [-0.3, -0.25) is 4.79 Å². The van der Waals surface area contributed by atoms with Crippen LogP contribution in [0, 0.1) is 0 Å². The minimum atomic E-state index is -0.931. The lowest BCUT2D eigenvalue weighted by Crippen LogP contribution is -2.58. The number of oxime groups is 1. The Morgan fingerprint density at radius 2 is 1.62 bits per heavy atom.